The summed E-state index contributed by atoms with van der Waals surface area (Å²) in [5.41, 5.74) is 5.68. The minimum Gasteiger partial charge on any atom is -0.341 e. The van der Waals surface area contributed by atoms with Gasteiger partial charge in [-0.2, -0.15) is 0 Å². The van der Waals surface area contributed by atoms with Crippen LogP contribution in [0.25, 0.3) is 0 Å². The van der Waals surface area contributed by atoms with E-state index < -0.39 is 0 Å². The summed E-state index contributed by atoms with van der Waals surface area (Å²) in [6.45, 7) is 6.19. The van der Waals surface area contributed by atoms with E-state index in [1.807, 2.05) is 11.8 Å². The molecule has 2 aliphatic heterocycles. The Bertz CT molecular complexity index is 271. The van der Waals surface area contributed by atoms with Gasteiger partial charge in [-0.1, -0.05) is 6.42 Å². The molecule has 2 saturated heterocycles. The van der Waals surface area contributed by atoms with Crippen LogP contribution in [0.2, 0.25) is 0 Å². The third kappa shape index (κ3) is 5.46. The molecule has 6 heteroatoms. The first-order valence-electron chi connectivity index (χ1n) is 6.94. The molecule has 114 valence electrons. The Morgan fingerprint density at radius 1 is 1.21 bits per heavy atom. The molecule has 1 amide bonds. The summed E-state index contributed by atoms with van der Waals surface area (Å²) in [6.07, 6.45) is 5.66. The van der Waals surface area contributed by atoms with Crippen LogP contribution in [0, 0.1) is 0 Å². The number of piperidine rings is 1. The second-order valence-electron chi connectivity index (χ2n) is 5.56. The van der Waals surface area contributed by atoms with Crippen molar-refractivity contribution in [3.8, 4) is 0 Å². The molecule has 0 aromatic heterocycles. The highest BCUT2D eigenvalue weighted by atomic mass is 35.5. The summed E-state index contributed by atoms with van der Waals surface area (Å²) in [4.78, 5) is 16.5. The number of rotatable bonds is 3. The lowest BCUT2D eigenvalue weighted by atomic mass is 10.1. The number of hydrogen-bond donors (Lipinski definition) is 1. The van der Waals surface area contributed by atoms with E-state index in [0.29, 0.717) is 12.5 Å². The van der Waals surface area contributed by atoms with Gasteiger partial charge in [-0.15, -0.1) is 24.8 Å². The summed E-state index contributed by atoms with van der Waals surface area (Å²) in [5.74, 6) is 0.236. The quantitative estimate of drug-likeness (QED) is 0.862. The highest BCUT2D eigenvalue weighted by Gasteiger charge is 2.30. The molecule has 0 bridgehead atoms. The summed E-state index contributed by atoms with van der Waals surface area (Å²) in [7, 11) is 0. The fourth-order valence-corrected chi connectivity index (χ4v) is 2.95. The highest BCUT2D eigenvalue weighted by Crippen LogP contribution is 2.20. The van der Waals surface area contributed by atoms with Crippen LogP contribution in [0.5, 0.6) is 0 Å². The second kappa shape index (κ2) is 9.01. The number of carbonyl (C=O) groups is 1. The highest BCUT2D eigenvalue weighted by molar-refractivity contribution is 5.85. The molecule has 0 saturated carbocycles. The van der Waals surface area contributed by atoms with Crippen LogP contribution in [0.4, 0.5) is 0 Å². The first kappa shape index (κ1) is 19.0. The summed E-state index contributed by atoms with van der Waals surface area (Å²) in [6, 6.07) is 0.587. The van der Waals surface area contributed by atoms with Crippen molar-refractivity contribution in [1.82, 2.24) is 9.80 Å². The Balaban J connectivity index is 0.00000162. The van der Waals surface area contributed by atoms with Gasteiger partial charge in [-0.05, 0) is 39.3 Å². The molecule has 2 unspecified atom stereocenters. The van der Waals surface area contributed by atoms with Crippen LogP contribution in [0.15, 0.2) is 0 Å². The first-order valence-corrected chi connectivity index (χ1v) is 6.94. The third-order valence-corrected chi connectivity index (χ3v) is 3.92. The second-order valence-corrected chi connectivity index (χ2v) is 5.56. The minimum atomic E-state index is -0.0171. The predicted octanol–water partition coefficient (Wildman–Crippen LogP) is 1.65. The molecule has 2 N–H and O–H groups in total. The van der Waals surface area contributed by atoms with Crippen LogP contribution in [0.1, 0.15) is 39.0 Å². The van der Waals surface area contributed by atoms with E-state index in [0.717, 1.165) is 19.5 Å². The molecule has 2 heterocycles. The van der Waals surface area contributed by atoms with Crippen molar-refractivity contribution in [2.75, 3.05) is 26.2 Å². The van der Waals surface area contributed by atoms with Crippen LogP contribution in [0.3, 0.4) is 0 Å². The van der Waals surface area contributed by atoms with Crippen LogP contribution in [-0.2, 0) is 4.79 Å². The molecular formula is C13H27Cl2N3O. The Morgan fingerprint density at radius 3 is 2.42 bits per heavy atom. The molecule has 0 spiro atoms. The molecule has 2 atom stereocenters. The number of halogens is 2. The van der Waals surface area contributed by atoms with Gasteiger partial charge in [-0.25, -0.2) is 0 Å². The normalized spacial score (nSPS) is 25.4. The Labute approximate surface area is 128 Å². The lowest BCUT2D eigenvalue weighted by Gasteiger charge is -2.32. The molecule has 0 radical (unpaired) electrons. The number of nitrogens with zero attached hydrogens (tertiary/aromatic N) is 2. The third-order valence-electron chi connectivity index (χ3n) is 3.92. The van der Waals surface area contributed by atoms with Crippen LogP contribution in [-0.4, -0.2) is 54.0 Å². The van der Waals surface area contributed by atoms with Gasteiger partial charge < -0.3 is 10.6 Å². The van der Waals surface area contributed by atoms with E-state index in [9.17, 15) is 4.79 Å². The van der Waals surface area contributed by atoms with E-state index in [1.54, 1.807) is 0 Å². The van der Waals surface area contributed by atoms with Gasteiger partial charge in [0.2, 0.25) is 5.91 Å². The number of amides is 1. The molecule has 0 aromatic carbocycles. The Hall–Kier alpha value is -0.0300. The van der Waals surface area contributed by atoms with E-state index >= 15 is 0 Å². The van der Waals surface area contributed by atoms with Crippen LogP contribution < -0.4 is 5.73 Å². The fraction of sp³-hybridized carbons (Fsp3) is 0.923. The fourth-order valence-electron chi connectivity index (χ4n) is 2.95. The zero-order chi connectivity index (χ0) is 12.3. The molecule has 0 aromatic rings. The Kier molecular flexibility index (Phi) is 8.99. The minimum absolute atomic E-state index is 0. The topological polar surface area (TPSA) is 49.6 Å². The van der Waals surface area contributed by atoms with E-state index in [4.69, 9.17) is 5.73 Å². The maximum atomic E-state index is 11.9. The maximum Gasteiger partial charge on any atom is 0.224 e. The molecule has 2 fully saturated rings. The van der Waals surface area contributed by atoms with Crippen molar-refractivity contribution in [3.05, 3.63) is 0 Å². The largest absolute Gasteiger partial charge is 0.341 e. The molecule has 0 aliphatic carbocycles. The van der Waals surface area contributed by atoms with Gasteiger partial charge in [0.15, 0.2) is 0 Å². The molecule has 2 aliphatic rings. The molecule has 2 rings (SSSR count). The lowest BCUT2D eigenvalue weighted by Crippen LogP contribution is -2.42. The average molecular weight is 312 g/mol. The molecule has 19 heavy (non-hydrogen) atoms. The van der Waals surface area contributed by atoms with Crippen molar-refractivity contribution >= 4 is 30.7 Å². The summed E-state index contributed by atoms with van der Waals surface area (Å²) >= 11 is 0. The number of carbonyl (C=O) groups excluding carboxylic acids is 1. The predicted molar refractivity (Wildman–Crippen MR) is 83.2 cm³/mol. The zero-order valence-corrected chi connectivity index (χ0v) is 13.3. The zero-order valence-electron chi connectivity index (χ0n) is 11.7. The standard InChI is InChI=1S/C13H25N3O.2ClH/c1-11(14)9-13(17)16-8-5-12(10-16)15-6-3-2-4-7-15;;/h11-12H,2-10,14H2,1H3;2*1H. The van der Waals surface area contributed by atoms with Gasteiger partial charge in [0, 0.05) is 31.6 Å². The summed E-state index contributed by atoms with van der Waals surface area (Å²) < 4.78 is 0. The first-order chi connectivity index (χ1) is 8.16. The number of nitrogens with two attached hydrogens (primary N) is 1. The number of hydrogen-bond acceptors (Lipinski definition) is 3. The van der Waals surface area contributed by atoms with Gasteiger partial charge in [0.1, 0.15) is 0 Å². The van der Waals surface area contributed by atoms with Crippen molar-refractivity contribution < 1.29 is 4.79 Å². The van der Waals surface area contributed by atoms with Gasteiger partial charge >= 0.3 is 0 Å². The lowest BCUT2D eigenvalue weighted by molar-refractivity contribution is -0.130. The van der Waals surface area contributed by atoms with Gasteiger partial charge in [0.05, 0.1) is 0 Å². The SMILES string of the molecule is CC(N)CC(=O)N1CCC(N2CCCCC2)C1.Cl.Cl. The monoisotopic (exact) mass is 311 g/mol. The smallest absolute Gasteiger partial charge is 0.224 e. The average Bonchev–Trinajstić information content (AvgIpc) is 2.78. The van der Waals surface area contributed by atoms with Crippen molar-refractivity contribution in [3.63, 3.8) is 0 Å². The van der Waals surface area contributed by atoms with Crippen molar-refractivity contribution in [1.29, 1.82) is 0 Å². The molecular weight excluding hydrogens is 285 g/mol. The van der Waals surface area contributed by atoms with E-state index in [1.165, 1.54) is 32.4 Å². The van der Waals surface area contributed by atoms with Gasteiger partial charge in [0.25, 0.3) is 0 Å². The van der Waals surface area contributed by atoms with E-state index in [2.05, 4.69) is 4.90 Å². The Morgan fingerprint density at radius 2 is 1.84 bits per heavy atom. The number of likely N-dealkylation sites (tertiary alicyclic amines) is 2. The molecule has 4 nitrogen and oxygen atoms in total. The maximum absolute atomic E-state index is 11.9. The van der Waals surface area contributed by atoms with Crippen LogP contribution >= 0.6 is 24.8 Å². The van der Waals surface area contributed by atoms with Crippen molar-refractivity contribution in [2.45, 2.75) is 51.1 Å². The van der Waals surface area contributed by atoms with E-state index in [-0.39, 0.29) is 36.8 Å². The van der Waals surface area contributed by atoms with Crippen molar-refractivity contribution in [2.24, 2.45) is 5.73 Å². The summed E-state index contributed by atoms with van der Waals surface area (Å²) in [5, 5.41) is 0. The van der Waals surface area contributed by atoms with Gasteiger partial charge in [-0.3, -0.25) is 9.69 Å².